The number of hydrogen-bond donors (Lipinski definition) is 1. The molecule has 33 heavy (non-hydrogen) atoms. The molecule has 11 heteroatoms. The fourth-order valence-corrected chi connectivity index (χ4v) is 3.79. The molecule has 0 aliphatic carbocycles. The summed E-state index contributed by atoms with van der Waals surface area (Å²) >= 11 is 5.81. The zero-order chi connectivity index (χ0) is 23.8. The minimum atomic E-state index is -4.83. The van der Waals surface area contributed by atoms with Gasteiger partial charge in [-0.15, -0.1) is 0 Å². The van der Waals surface area contributed by atoms with Crippen LogP contribution in [0.5, 0.6) is 5.75 Å². The van der Waals surface area contributed by atoms with E-state index < -0.39 is 29.2 Å². The SMILES string of the molecule is O=C(c1ccccc1O)N1CCN(C(=O)c2cnn(-c3ccc(Cl)cc3)c2C(F)(F)F)CC1. The summed E-state index contributed by atoms with van der Waals surface area (Å²) in [5.74, 6) is -1.39. The van der Waals surface area contributed by atoms with Crippen molar-refractivity contribution in [1.29, 1.82) is 0 Å². The molecule has 1 aromatic heterocycles. The Labute approximate surface area is 191 Å². The molecule has 1 aliphatic heterocycles. The average Bonchev–Trinajstić information content (AvgIpc) is 3.25. The summed E-state index contributed by atoms with van der Waals surface area (Å²) < 4.78 is 42.3. The van der Waals surface area contributed by atoms with E-state index in [1.54, 1.807) is 12.1 Å². The van der Waals surface area contributed by atoms with Crippen molar-refractivity contribution in [3.63, 3.8) is 0 Å². The number of para-hydroxylation sites is 1. The minimum Gasteiger partial charge on any atom is -0.507 e. The van der Waals surface area contributed by atoms with Crippen LogP contribution in [0.15, 0.2) is 54.7 Å². The third kappa shape index (κ3) is 4.51. The van der Waals surface area contributed by atoms with Gasteiger partial charge in [0.05, 0.1) is 23.0 Å². The number of halogens is 4. The first-order valence-electron chi connectivity index (χ1n) is 9.94. The molecule has 3 aromatic rings. The van der Waals surface area contributed by atoms with Crippen molar-refractivity contribution in [3.05, 3.63) is 76.6 Å². The summed E-state index contributed by atoms with van der Waals surface area (Å²) in [6.45, 7) is 0.320. The second-order valence-corrected chi connectivity index (χ2v) is 7.83. The molecule has 2 heterocycles. The van der Waals surface area contributed by atoms with E-state index in [4.69, 9.17) is 11.6 Å². The van der Waals surface area contributed by atoms with E-state index in [1.165, 1.54) is 46.2 Å². The maximum absolute atomic E-state index is 13.9. The van der Waals surface area contributed by atoms with Gasteiger partial charge >= 0.3 is 6.18 Å². The third-order valence-electron chi connectivity index (χ3n) is 5.33. The van der Waals surface area contributed by atoms with E-state index in [0.717, 1.165) is 6.20 Å². The van der Waals surface area contributed by atoms with Gasteiger partial charge in [0, 0.05) is 31.2 Å². The van der Waals surface area contributed by atoms with Crippen LogP contribution >= 0.6 is 11.6 Å². The normalized spacial score (nSPS) is 14.4. The molecule has 1 fully saturated rings. The number of nitrogens with zero attached hydrogens (tertiary/aromatic N) is 4. The van der Waals surface area contributed by atoms with Crippen LogP contribution in [0.25, 0.3) is 5.69 Å². The van der Waals surface area contributed by atoms with Gasteiger partial charge in [0.25, 0.3) is 11.8 Å². The van der Waals surface area contributed by atoms with Crippen molar-refractivity contribution in [2.24, 2.45) is 0 Å². The average molecular weight is 479 g/mol. The first-order valence-corrected chi connectivity index (χ1v) is 10.3. The summed E-state index contributed by atoms with van der Waals surface area (Å²) in [7, 11) is 0. The van der Waals surface area contributed by atoms with Gasteiger partial charge < -0.3 is 14.9 Å². The Hall–Kier alpha value is -3.53. The molecule has 1 N–H and O–H groups in total. The number of phenols is 1. The standard InChI is InChI=1S/C22H18ClF3N4O3/c23-14-5-7-15(8-6-14)30-19(22(24,25)26)17(13-27-30)21(33)29-11-9-28(10-12-29)20(32)16-3-1-2-4-18(16)31/h1-8,13,31H,9-12H2. The van der Waals surface area contributed by atoms with Crippen LogP contribution in [0.3, 0.4) is 0 Å². The number of piperazine rings is 1. The maximum Gasteiger partial charge on any atom is 0.434 e. The van der Waals surface area contributed by atoms with Gasteiger partial charge in [-0.05, 0) is 36.4 Å². The Bertz CT molecular complexity index is 1190. The van der Waals surface area contributed by atoms with Crippen LogP contribution in [0.1, 0.15) is 26.4 Å². The number of hydrogen-bond acceptors (Lipinski definition) is 4. The molecule has 2 amide bonds. The lowest BCUT2D eigenvalue weighted by Gasteiger charge is -2.35. The fourth-order valence-electron chi connectivity index (χ4n) is 3.66. The van der Waals surface area contributed by atoms with E-state index in [2.05, 4.69) is 5.10 Å². The third-order valence-corrected chi connectivity index (χ3v) is 5.58. The Balaban J connectivity index is 1.54. The Kier molecular flexibility index (Phi) is 6.03. The van der Waals surface area contributed by atoms with Gasteiger partial charge in [-0.3, -0.25) is 9.59 Å². The number of carbonyl (C=O) groups excluding carboxylic acids is 2. The molecule has 1 saturated heterocycles. The smallest absolute Gasteiger partial charge is 0.434 e. The Morgan fingerprint density at radius 2 is 1.42 bits per heavy atom. The highest BCUT2D eigenvalue weighted by Crippen LogP contribution is 2.34. The van der Waals surface area contributed by atoms with Crippen molar-refractivity contribution in [1.82, 2.24) is 19.6 Å². The highest BCUT2D eigenvalue weighted by atomic mass is 35.5. The molecule has 0 radical (unpaired) electrons. The zero-order valence-electron chi connectivity index (χ0n) is 17.1. The number of benzene rings is 2. The van der Waals surface area contributed by atoms with Crippen molar-refractivity contribution >= 4 is 23.4 Å². The Morgan fingerprint density at radius 1 is 0.879 bits per heavy atom. The summed E-state index contributed by atoms with van der Waals surface area (Å²) in [6.07, 6.45) is -3.93. The molecule has 0 spiro atoms. The molecule has 0 atom stereocenters. The van der Waals surface area contributed by atoms with Gasteiger partial charge in [-0.25, -0.2) is 4.68 Å². The van der Waals surface area contributed by atoms with Gasteiger partial charge in [-0.2, -0.15) is 18.3 Å². The second-order valence-electron chi connectivity index (χ2n) is 7.39. The predicted octanol–water partition coefficient (Wildman–Crippen LogP) is 3.85. The van der Waals surface area contributed by atoms with E-state index in [-0.39, 0.29) is 43.2 Å². The van der Waals surface area contributed by atoms with E-state index in [0.29, 0.717) is 9.70 Å². The molecule has 0 saturated carbocycles. The monoisotopic (exact) mass is 478 g/mol. The molecular weight excluding hydrogens is 461 g/mol. The van der Waals surface area contributed by atoms with Crippen LogP contribution in [-0.2, 0) is 6.18 Å². The van der Waals surface area contributed by atoms with E-state index in [9.17, 15) is 27.9 Å². The highest BCUT2D eigenvalue weighted by Gasteiger charge is 2.42. The maximum atomic E-state index is 13.9. The number of rotatable bonds is 3. The largest absolute Gasteiger partial charge is 0.507 e. The van der Waals surface area contributed by atoms with Crippen LogP contribution in [0, 0.1) is 0 Å². The summed E-state index contributed by atoms with van der Waals surface area (Å²) in [5.41, 5.74) is -1.51. The number of carbonyl (C=O) groups is 2. The highest BCUT2D eigenvalue weighted by molar-refractivity contribution is 6.30. The Morgan fingerprint density at radius 3 is 1.97 bits per heavy atom. The van der Waals surface area contributed by atoms with Gasteiger partial charge in [-0.1, -0.05) is 23.7 Å². The predicted molar refractivity (Wildman–Crippen MR) is 113 cm³/mol. The number of aromatic hydroxyl groups is 1. The molecule has 7 nitrogen and oxygen atoms in total. The quantitative estimate of drug-likeness (QED) is 0.620. The number of phenolic OH excluding ortho intramolecular Hbond substituents is 1. The van der Waals surface area contributed by atoms with Gasteiger partial charge in [0.15, 0.2) is 5.69 Å². The molecule has 172 valence electrons. The zero-order valence-corrected chi connectivity index (χ0v) is 17.8. The molecule has 0 bridgehead atoms. The van der Waals surface area contributed by atoms with Crippen LogP contribution in [0.2, 0.25) is 5.02 Å². The lowest BCUT2D eigenvalue weighted by Crippen LogP contribution is -2.50. The second kappa shape index (κ2) is 8.78. The van der Waals surface area contributed by atoms with E-state index >= 15 is 0 Å². The molecule has 2 aromatic carbocycles. The lowest BCUT2D eigenvalue weighted by atomic mass is 10.1. The molecular formula is C22H18ClF3N4O3. The number of aromatic nitrogens is 2. The van der Waals surface area contributed by atoms with E-state index in [1.807, 2.05) is 0 Å². The van der Waals surface area contributed by atoms with Crippen molar-refractivity contribution in [2.45, 2.75) is 6.18 Å². The topological polar surface area (TPSA) is 78.7 Å². The van der Waals surface area contributed by atoms with Crippen molar-refractivity contribution in [3.8, 4) is 11.4 Å². The van der Waals surface area contributed by atoms with Crippen LogP contribution in [0.4, 0.5) is 13.2 Å². The summed E-state index contributed by atoms with van der Waals surface area (Å²) in [6, 6.07) is 11.7. The van der Waals surface area contributed by atoms with Gasteiger partial charge in [0.2, 0.25) is 0 Å². The minimum absolute atomic E-state index is 0.0432. The van der Waals surface area contributed by atoms with Crippen molar-refractivity contribution < 1.29 is 27.9 Å². The van der Waals surface area contributed by atoms with Crippen LogP contribution < -0.4 is 0 Å². The van der Waals surface area contributed by atoms with Crippen molar-refractivity contribution in [2.75, 3.05) is 26.2 Å². The molecule has 4 rings (SSSR count). The molecule has 0 unspecified atom stereocenters. The summed E-state index contributed by atoms with van der Waals surface area (Å²) in [4.78, 5) is 28.3. The first kappa shape index (κ1) is 22.7. The van der Waals surface area contributed by atoms with Gasteiger partial charge in [0.1, 0.15) is 5.75 Å². The first-order chi connectivity index (χ1) is 15.7. The lowest BCUT2D eigenvalue weighted by molar-refractivity contribution is -0.143. The fraction of sp³-hybridized carbons (Fsp3) is 0.227. The molecule has 1 aliphatic rings. The summed E-state index contributed by atoms with van der Waals surface area (Å²) in [5, 5.41) is 14.0. The number of alkyl halides is 3. The number of amides is 2. The van der Waals surface area contributed by atoms with Crippen LogP contribution in [-0.4, -0.2) is 62.7 Å².